The third-order valence-corrected chi connectivity index (χ3v) is 2.91. The Kier molecular flexibility index (Phi) is 2.69. The molecular weight excluding hydrogens is 170 g/mol. The Labute approximate surface area is 85.8 Å². The van der Waals surface area contributed by atoms with Gasteiger partial charge in [-0.25, -0.2) is 0 Å². The van der Waals surface area contributed by atoms with E-state index in [1.165, 1.54) is 17.5 Å². The van der Waals surface area contributed by atoms with E-state index in [2.05, 4.69) is 43.1 Å². The minimum Gasteiger partial charge on any atom is -0.316 e. The van der Waals surface area contributed by atoms with Gasteiger partial charge in [-0.1, -0.05) is 36.4 Å². The first kappa shape index (κ1) is 9.47. The van der Waals surface area contributed by atoms with Gasteiger partial charge < -0.3 is 5.32 Å². The molecule has 1 aromatic rings. The number of allylic oxidation sites excluding steroid dienone is 1. The Morgan fingerprint density at radius 3 is 3.00 bits per heavy atom. The third-order valence-electron chi connectivity index (χ3n) is 2.91. The van der Waals surface area contributed by atoms with Crippen LogP contribution in [0.1, 0.15) is 30.4 Å². The topological polar surface area (TPSA) is 12.0 Å². The Morgan fingerprint density at radius 2 is 2.36 bits per heavy atom. The highest BCUT2D eigenvalue weighted by atomic mass is 14.9. The number of rotatable bonds is 2. The molecule has 74 valence electrons. The molecular formula is C13H17N. The van der Waals surface area contributed by atoms with E-state index in [9.17, 15) is 0 Å². The van der Waals surface area contributed by atoms with Crippen LogP contribution in [0.4, 0.5) is 0 Å². The van der Waals surface area contributed by atoms with Crippen molar-refractivity contribution in [2.45, 2.75) is 19.3 Å². The van der Waals surface area contributed by atoms with Crippen molar-refractivity contribution in [1.82, 2.24) is 5.32 Å². The smallest absolute Gasteiger partial charge is 0.00206 e. The summed E-state index contributed by atoms with van der Waals surface area (Å²) in [6, 6.07) is 8.77. The molecule has 14 heavy (non-hydrogen) atoms. The summed E-state index contributed by atoms with van der Waals surface area (Å²) >= 11 is 0. The van der Waals surface area contributed by atoms with Crippen molar-refractivity contribution in [1.29, 1.82) is 0 Å². The summed E-state index contributed by atoms with van der Waals surface area (Å²) in [5.41, 5.74) is 3.88. The molecule has 0 aromatic heterocycles. The van der Waals surface area contributed by atoms with Crippen molar-refractivity contribution in [3.8, 4) is 0 Å². The van der Waals surface area contributed by atoms with Gasteiger partial charge in [-0.2, -0.15) is 0 Å². The molecule has 0 spiro atoms. The first-order valence-corrected chi connectivity index (χ1v) is 5.24. The predicted octanol–water partition coefficient (Wildman–Crippen LogP) is 2.80. The SMILES string of the molecule is C=C(C)c1cccc(C2CCNC2)c1. The summed E-state index contributed by atoms with van der Waals surface area (Å²) in [7, 11) is 0. The van der Waals surface area contributed by atoms with Crippen molar-refractivity contribution < 1.29 is 0 Å². The molecule has 0 aliphatic carbocycles. The zero-order valence-electron chi connectivity index (χ0n) is 8.72. The van der Waals surface area contributed by atoms with Crippen LogP contribution in [0.25, 0.3) is 5.57 Å². The van der Waals surface area contributed by atoms with Gasteiger partial charge in [0.15, 0.2) is 0 Å². The lowest BCUT2D eigenvalue weighted by Gasteiger charge is -2.10. The summed E-state index contributed by atoms with van der Waals surface area (Å²) in [5.74, 6) is 0.703. The second-order valence-electron chi connectivity index (χ2n) is 4.10. The maximum Gasteiger partial charge on any atom is 0.00206 e. The monoisotopic (exact) mass is 187 g/mol. The van der Waals surface area contributed by atoms with Gasteiger partial charge >= 0.3 is 0 Å². The van der Waals surface area contributed by atoms with Gasteiger partial charge in [0, 0.05) is 6.54 Å². The second kappa shape index (κ2) is 3.97. The highest BCUT2D eigenvalue weighted by Crippen LogP contribution is 2.24. The minimum absolute atomic E-state index is 0.703. The summed E-state index contributed by atoms with van der Waals surface area (Å²) in [4.78, 5) is 0. The van der Waals surface area contributed by atoms with Crippen LogP contribution in [-0.4, -0.2) is 13.1 Å². The first-order valence-electron chi connectivity index (χ1n) is 5.24. The molecule has 1 atom stereocenters. The van der Waals surface area contributed by atoms with Crippen molar-refractivity contribution in [2.24, 2.45) is 0 Å². The predicted molar refractivity (Wildman–Crippen MR) is 61.4 cm³/mol. The van der Waals surface area contributed by atoms with E-state index in [-0.39, 0.29) is 0 Å². The van der Waals surface area contributed by atoms with E-state index in [1.807, 2.05) is 0 Å². The summed E-state index contributed by atoms with van der Waals surface area (Å²) in [5, 5.41) is 3.40. The highest BCUT2D eigenvalue weighted by molar-refractivity contribution is 5.62. The number of hydrogen-bond donors (Lipinski definition) is 1. The van der Waals surface area contributed by atoms with Crippen molar-refractivity contribution in [3.63, 3.8) is 0 Å². The standard InChI is InChI=1S/C13H17N/c1-10(2)11-4-3-5-12(8-11)13-6-7-14-9-13/h3-5,8,13-14H,1,6-7,9H2,2H3. The number of hydrogen-bond acceptors (Lipinski definition) is 1. The van der Waals surface area contributed by atoms with Gasteiger partial charge in [0.2, 0.25) is 0 Å². The van der Waals surface area contributed by atoms with E-state index < -0.39 is 0 Å². The normalized spacial score (nSPS) is 21.1. The molecule has 0 amide bonds. The summed E-state index contributed by atoms with van der Waals surface area (Å²) in [6.45, 7) is 8.32. The average molecular weight is 187 g/mol. The molecule has 1 unspecified atom stereocenters. The second-order valence-corrected chi connectivity index (χ2v) is 4.10. The van der Waals surface area contributed by atoms with E-state index >= 15 is 0 Å². The lowest BCUT2D eigenvalue weighted by molar-refractivity contribution is 0.763. The van der Waals surface area contributed by atoms with Crippen molar-refractivity contribution in [3.05, 3.63) is 42.0 Å². The lowest BCUT2D eigenvalue weighted by atomic mass is 9.95. The van der Waals surface area contributed by atoms with Crippen LogP contribution < -0.4 is 5.32 Å². The Bertz CT molecular complexity index is 335. The Morgan fingerprint density at radius 1 is 1.50 bits per heavy atom. The van der Waals surface area contributed by atoms with Crippen LogP contribution in [0.3, 0.4) is 0 Å². The first-order chi connectivity index (χ1) is 6.77. The molecule has 1 fully saturated rings. The van der Waals surface area contributed by atoms with Gasteiger partial charge in [-0.05, 0) is 36.9 Å². The number of nitrogens with one attached hydrogen (secondary N) is 1. The molecule has 1 aliphatic heterocycles. The van der Waals surface area contributed by atoms with Crippen LogP contribution in [0.5, 0.6) is 0 Å². The van der Waals surface area contributed by atoms with E-state index in [0.29, 0.717) is 5.92 Å². The maximum absolute atomic E-state index is 3.98. The summed E-state index contributed by atoms with van der Waals surface area (Å²) < 4.78 is 0. The maximum atomic E-state index is 3.98. The van der Waals surface area contributed by atoms with Gasteiger partial charge in [0.1, 0.15) is 0 Å². The molecule has 1 heteroatoms. The molecule has 1 aliphatic rings. The van der Waals surface area contributed by atoms with Crippen molar-refractivity contribution >= 4 is 5.57 Å². The Hall–Kier alpha value is -1.08. The highest BCUT2D eigenvalue weighted by Gasteiger charge is 2.16. The van der Waals surface area contributed by atoms with Crippen LogP contribution in [0.15, 0.2) is 30.8 Å². The van der Waals surface area contributed by atoms with Crippen molar-refractivity contribution in [2.75, 3.05) is 13.1 Å². The van der Waals surface area contributed by atoms with Crippen LogP contribution >= 0.6 is 0 Å². The van der Waals surface area contributed by atoms with Gasteiger partial charge in [-0.15, -0.1) is 0 Å². The minimum atomic E-state index is 0.703. The molecule has 1 heterocycles. The van der Waals surface area contributed by atoms with Crippen LogP contribution in [-0.2, 0) is 0 Å². The lowest BCUT2D eigenvalue weighted by Crippen LogP contribution is -2.07. The van der Waals surface area contributed by atoms with Crippen LogP contribution in [0.2, 0.25) is 0 Å². The molecule has 0 bridgehead atoms. The molecule has 1 N–H and O–H groups in total. The van der Waals surface area contributed by atoms with Gasteiger partial charge in [0.25, 0.3) is 0 Å². The fourth-order valence-electron chi connectivity index (χ4n) is 2.00. The molecule has 1 saturated heterocycles. The Balaban J connectivity index is 2.25. The molecule has 1 nitrogen and oxygen atoms in total. The molecule has 0 radical (unpaired) electrons. The number of benzene rings is 1. The third kappa shape index (κ3) is 1.88. The van der Waals surface area contributed by atoms with Gasteiger partial charge in [0.05, 0.1) is 0 Å². The van der Waals surface area contributed by atoms with Gasteiger partial charge in [-0.3, -0.25) is 0 Å². The molecule has 0 saturated carbocycles. The molecule has 1 aromatic carbocycles. The van der Waals surface area contributed by atoms with E-state index in [0.717, 1.165) is 18.7 Å². The van der Waals surface area contributed by atoms with E-state index in [1.54, 1.807) is 0 Å². The summed E-state index contributed by atoms with van der Waals surface area (Å²) in [6.07, 6.45) is 1.26. The zero-order valence-corrected chi connectivity index (χ0v) is 8.72. The molecule has 2 rings (SSSR count). The average Bonchev–Trinajstić information content (AvgIpc) is 2.71. The quantitative estimate of drug-likeness (QED) is 0.750. The largest absolute Gasteiger partial charge is 0.316 e. The fourth-order valence-corrected chi connectivity index (χ4v) is 2.00. The van der Waals surface area contributed by atoms with Crippen LogP contribution in [0, 0.1) is 0 Å². The van der Waals surface area contributed by atoms with E-state index in [4.69, 9.17) is 0 Å². The zero-order chi connectivity index (χ0) is 9.97. The fraction of sp³-hybridized carbons (Fsp3) is 0.385.